The van der Waals surface area contributed by atoms with E-state index in [-0.39, 0.29) is 29.1 Å². The number of ether oxygens (including phenoxy) is 1. The van der Waals surface area contributed by atoms with Crippen molar-refractivity contribution in [2.24, 2.45) is 46.3 Å². The van der Waals surface area contributed by atoms with E-state index < -0.39 is 23.2 Å². The predicted molar refractivity (Wildman–Crippen MR) is 126 cm³/mol. The van der Waals surface area contributed by atoms with E-state index in [1.54, 1.807) is 6.08 Å². The molecule has 4 fully saturated rings. The van der Waals surface area contributed by atoms with Gasteiger partial charge in [0.25, 0.3) is 0 Å². The molecule has 12 atom stereocenters. The van der Waals surface area contributed by atoms with Crippen molar-refractivity contribution >= 4 is 5.78 Å². The number of aliphatic hydroxyl groups excluding tert-OH is 2. The summed E-state index contributed by atoms with van der Waals surface area (Å²) in [5.41, 5.74) is -0.740. The van der Waals surface area contributed by atoms with Crippen LogP contribution < -0.4 is 0 Å². The van der Waals surface area contributed by atoms with Gasteiger partial charge in [-0.3, -0.25) is 4.79 Å². The van der Waals surface area contributed by atoms with Gasteiger partial charge in [-0.1, -0.05) is 41.5 Å². The van der Waals surface area contributed by atoms with E-state index in [9.17, 15) is 20.1 Å². The maximum atomic E-state index is 13.3. The second kappa shape index (κ2) is 7.62. The molecule has 0 spiro atoms. The third-order valence-electron chi connectivity index (χ3n) is 11.5. The molecule has 0 amide bonds. The first-order valence-electron chi connectivity index (χ1n) is 13.3. The number of rotatable bonds is 4. The third-order valence-corrected chi connectivity index (χ3v) is 11.5. The molecule has 0 aromatic rings. The van der Waals surface area contributed by atoms with E-state index in [0.717, 1.165) is 24.8 Å². The highest BCUT2D eigenvalue weighted by atomic mass is 16.6. The van der Waals surface area contributed by atoms with Crippen LogP contribution in [0, 0.1) is 46.3 Å². The van der Waals surface area contributed by atoms with Gasteiger partial charge in [-0.05, 0) is 85.2 Å². The van der Waals surface area contributed by atoms with E-state index in [1.807, 2.05) is 0 Å². The highest BCUT2D eigenvalue weighted by Crippen LogP contribution is 2.68. The molecule has 0 aromatic carbocycles. The lowest BCUT2D eigenvalue weighted by molar-refractivity contribution is -0.153. The summed E-state index contributed by atoms with van der Waals surface area (Å²) in [5.74, 6) is 1.70. The molecular formula is C28H44O5. The highest BCUT2D eigenvalue weighted by molar-refractivity contribution is 5.95. The molecule has 33 heavy (non-hydrogen) atoms. The number of aliphatic hydroxyl groups is 3. The maximum absolute atomic E-state index is 13.3. The Labute approximate surface area is 199 Å². The molecule has 5 nitrogen and oxygen atoms in total. The highest BCUT2D eigenvalue weighted by Gasteiger charge is 2.68. The molecule has 0 unspecified atom stereocenters. The molecule has 0 bridgehead atoms. The summed E-state index contributed by atoms with van der Waals surface area (Å²) in [6.45, 7) is 13.5. The summed E-state index contributed by atoms with van der Waals surface area (Å²) >= 11 is 0. The molecule has 0 radical (unpaired) electrons. The number of carbonyl (C=O) groups excluding carboxylic acids is 1. The van der Waals surface area contributed by atoms with E-state index in [4.69, 9.17) is 4.74 Å². The monoisotopic (exact) mass is 460 g/mol. The maximum Gasteiger partial charge on any atom is 0.159 e. The van der Waals surface area contributed by atoms with Gasteiger partial charge in [-0.15, -0.1) is 0 Å². The fraction of sp³-hybridized carbons (Fsp3) is 0.893. The smallest absolute Gasteiger partial charge is 0.159 e. The molecule has 5 heteroatoms. The Hall–Kier alpha value is -0.750. The Bertz CT molecular complexity index is 851. The normalized spacial score (nSPS) is 53.1. The first kappa shape index (κ1) is 24.0. The quantitative estimate of drug-likeness (QED) is 0.554. The Morgan fingerprint density at radius 3 is 2.36 bits per heavy atom. The number of hydrogen-bond acceptors (Lipinski definition) is 5. The van der Waals surface area contributed by atoms with Gasteiger partial charge in [0, 0.05) is 11.3 Å². The van der Waals surface area contributed by atoms with Crippen LogP contribution in [0.25, 0.3) is 0 Å². The van der Waals surface area contributed by atoms with Crippen LogP contribution in [0.5, 0.6) is 0 Å². The minimum Gasteiger partial charge on any atom is -0.390 e. The van der Waals surface area contributed by atoms with Crippen LogP contribution in [-0.2, 0) is 9.53 Å². The zero-order valence-corrected chi connectivity index (χ0v) is 21.3. The van der Waals surface area contributed by atoms with Crippen molar-refractivity contribution in [1.29, 1.82) is 0 Å². The topological polar surface area (TPSA) is 90.3 Å². The number of allylic oxidation sites excluding steroid dienone is 1. The fourth-order valence-corrected chi connectivity index (χ4v) is 8.84. The average molecular weight is 461 g/mol. The zero-order valence-electron chi connectivity index (χ0n) is 21.3. The molecule has 5 aliphatic rings. The minimum atomic E-state index is -0.979. The van der Waals surface area contributed by atoms with Crippen LogP contribution in [0.15, 0.2) is 11.6 Å². The van der Waals surface area contributed by atoms with Gasteiger partial charge < -0.3 is 20.1 Å². The SMILES string of the molecule is CC(C)[C@@H](C)[C@@H]1O[C@H]1[C@@H](C)[C@H]1CC[C@@]2(O)C3=CC(=O)[C@@H]4C[C@@H](O)[C@@H](O)C[C@]4(C)[C@H]3CC[C@]12C. The Morgan fingerprint density at radius 2 is 1.70 bits per heavy atom. The zero-order chi connectivity index (χ0) is 24.1. The molecule has 3 N–H and O–H groups in total. The molecule has 3 saturated carbocycles. The Kier molecular flexibility index (Phi) is 5.54. The molecule has 5 rings (SSSR count). The van der Waals surface area contributed by atoms with Gasteiger partial charge in [0.15, 0.2) is 5.78 Å². The summed E-state index contributed by atoms with van der Waals surface area (Å²) in [6.07, 6.45) is 4.93. The van der Waals surface area contributed by atoms with Crippen LogP contribution in [0.4, 0.5) is 0 Å². The second-order valence-electron chi connectivity index (χ2n) is 13.2. The van der Waals surface area contributed by atoms with E-state index in [2.05, 4.69) is 41.5 Å². The summed E-state index contributed by atoms with van der Waals surface area (Å²) in [4.78, 5) is 13.3. The van der Waals surface area contributed by atoms with Crippen molar-refractivity contribution in [2.75, 3.05) is 0 Å². The number of carbonyl (C=O) groups is 1. The summed E-state index contributed by atoms with van der Waals surface area (Å²) in [7, 11) is 0. The predicted octanol–water partition coefficient (Wildman–Crippen LogP) is 3.89. The third kappa shape index (κ3) is 3.21. The number of ketones is 1. The first-order chi connectivity index (χ1) is 15.3. The van der Waals surface area contributed by atoms with Gasteiger partial charge in [0.05, 0.1) is 30.0 Å². The lowest BCUT2D eigenvalue weighted by Gasteiger charge is -2.60. The van der Waals surface area contributed by atoms with Crippen LogP contribution in [0.2, 0.25) is 0 Å². The number of hydrogen-bond donors (Lipinski definition) is 3. The lowest BCUT2D eigenvalue weighted by atomic mass is 9.46. The molecular weight excluding hydrogens is 416 g/mol. The van der Waals surface area contributed by atoms with E-state index in [1.165, 1.54) is 0 Å². The number of fused-ring (bicyclic) bond motifs is 5. The van der Waals surface area contributed by atoms with Crippen LogP contribution in [-0.4, -0.2) is 51.1 Å². The second-order valence-corrected chi connectivity index (χ2v) is 13.2. The summed E-state index contributed by atoms with van der Waals surface area (Å²) < 4.78 is 6.20. The standard InChI is InChI=1S/C28H44O5/c1-14(2)15(3)24-25(33-24)16(4)17-8-10-28(32)19-11-21(29)20-12-22(30)23(31)13-26(20,5)18(19)7-9-27(17,28)6/h11,14-18,20,22-25,30-32H,7-10,12-13H2,1-6H3/t15-,16+,17-,18+,20+,22-,23+,24+,25+,26-,27-,28-/m1/s1. The Morgan fingerprint density at radius 1 is 1.00 bits per heavy atom. The van der Waals surface area contributed by atoms with E-state index in [0.29, 0.717) is 49.0 Å². The van der Waals surface area contributed by atoms with Crippen molar-refractivity contribution in [3.8, 4) is 0 Å². The Balaban J connectivity index is 1.44. The largest absolute Gasteiger partial charge is 0.390 e. The minimum absolute atomic E-state index is 0.0280. The van der Waals surface area contributed by atoms with Crippen molar-refractivity contribution < 1.29 is 24.9 Å². The lowest BCUT2D eigenvalue weighted by Crippen LogP contribution is -2.61. The van der Waals surface area contributed by atoms with Crippen molar-refractivity contribution in [1.82, 2.24) is 0 Å². The van der Waals surface area contributed by atoms with Gasteiger partial charge >= 0.3 is 0 Å². The molecule has 1 saturated heterocycles. The summed E-state index contributed by atoms with van der Waals surface area (Å²) in [6, 6.07) is 0. The van der Waals surface area contributed by atoms with Crippen molar-refractivity contribution in [3.05, 3.63) is 11.6 Å². The van der Waals surface area contributed by atoms with E-state index >= 15 is 0 Å². The fourth-order valence-electron chi connectivity index (χ4n) is 8.84. The van der Waals surface area contributed by atoms with Crippen molar-refractivity contribution in [2.45, 2.75) is 110 Å². The molecule has 0 aromatic heterocycles. The summed E-state index contributed by atoms with van der Waals surface area (Å²) in [5, 5.41) is 33.1. The van der Waals surface area contributed by atoms with Gasteiger partial charge in [-0.2, -0.15) is 0 Å². The van der Waals surface area contributed by atoms with Crippen LogP contribution in [0.3, 0.4) is 0 Å². The van der Waals surface area contributed by atoms with Crippen LogP contribution in [0.1, 0.15) is 80.1 Å². The van der Waals surface area contributed by atoms with Gasteiger partial charge in [0.2, 0.25) is 0 Å². The molecule has 4 aliphatic carbocycles. The molecule has 1 aliphatic heterocycles. The van der Waals surface area contributed by atoms with Gasteiger partial charge in [0.1, 0.15) is 0 Å². The van der Waals surface area contributed by atoms with Gasteiger partial charge in [-0.25, -0.2) is 0 Å². The van der Waals surface area contributed by atoms with Crippen LogP contribution >= 0.6 is 0 Å². The number of epoxide rings is 1. The first-order valence-corrected chi connectivity index (χ1v) is 13.3. The molecule has 186 valence electrons. The average Bonchev–Trinajstić information content (AvgIpc) is 3.48. The van der Waals surface area contributed by atoms with Crippen molar-refractivity contribution in [3.63, 3.8) is 0 Å². The molecule has 1 heterocycles.